The van der Waals surface area contributed by atoms with Crippen molar-refractivity contribution in [3.63, 3.8) is 0 Å². The molecule has 6 heteroatoms. The second-order valence-corrected chi connectivity index (χ2v) is 7.57. The highest BCUT2D eigenvalue weighted by molar-refractivity contribution is 6.06. The number of guanidine groups is 1. The van der Waals surface area contributed by atoms with Gasteiger partial charge in [0.1, 0.15) is 0 Å². The molecule has 0 radical (unpaired) electrons. The molecule has 4 atom stereocenters. The summed E-state index contributed by atoms with van der Waals surface area (Å²) >= 11 is 0. The number of imide groups is 1. The first-order valence-corrected chi connectivity index (χ1v) is 9.25. The van der Waals surface area contributed by atoms with Crippen molar-refractivity contribution in [2.45, 2.75) is 44.6 Å². The zero-order valence-electron chi connectivity index (χ0n) is 14.0. The van der Waals surface area contributed by atoms with Crippen LogP contribution in [0.4, 0.5) is 0 Å². The van der Waals surface area contributed by atoms with E-state index in [1.54, 1.807) is 0 Å². The van der Waals surface area contributed by atoms with Gasteiger partial charge in [-0.1, -0.05) is 31.4 Å². The molecule has 1 aliphatic heterocycles. The molecule has 2 amide bonds. The van der Waals surface area contributed by atoms with Crippen LogP contribution in [0.5, 0.6) is 0 Å². The Morgan fingerprint density at radius 1 is 1.12 bits per heavy atom. The Morgan fingerprint density at radius 3 is 2.38 bits per heavy atom. The Hall–Kier alpha value is -1.85. The van der Waals surface area contributed by atoms with Gasteiger partial charge in [-0.2, -0.15) is 0 Å². The van der Waals surface area contributed by atoms with Crippen molar-refractivity contribution in [1.29, 1.82) is 0 Å². The molecule has 130 valence electrons. The Labute approximate surface area is 142 Å². The molecule has 0 aromatic heterocycles. The molecule has 4 aliphatic rings. The fourth-order valence-corrected chi connectivity index (χ4v) is 4.96. The van der Waals surface area contributed by atoms with Crippen LogP contribution in [0.15, 0.2) is 17.1 Å². The topological polar surface area (TPSA) is 87.8 Å². The molecule has 6 nitrogen and oxygen atoms in total. The number of carbonyl (C=O) groups is 2. The quantitative estimate of drug-likeness (QED) is 0.349. The number of allylic oxidation sites excluding steroid dienone is 2. The van der Waals surface area contributed by atoms with Crippen molar-refractivity contribution in [3.8, 4) is 0 Å². The van der Waals surface area contributed by atoms with Gasteiger partial charge in [0.25, 0.3) is 0 Å². The zero-order chi connectivity index (χ0) is 16.7. The van der Waals surface area contributed by atoms with Gasteiger partial charge < -0.3 is 11.1 Å². The molecule has 1 saturated heterocycles. The van der Waals surface area contributed by atoms with Crippen molar-refractivity contribution in [2.75, 3.05) is 13.1 Å². The van der Waals surface area contributed by atoms with E-state index in [0.717, 1.165) is 19.3 Å². The van der Waals surface area contributed by atoms with Crippen LogP contribution in [0.25, 0.3) is 0 Å². The SMILES string of the molecule is NC(=NCCN1C(=O)C2C3C=CC(C3)C2C1=O)NC1CCCCC1. The third-order valence-electron chi connectivity index (χ3n) is 6.12. The van der Waals surface area contributed by atoms with Crippen molar-refractivity contribution in [2.24, 2.45) is 34.4 Å². The monoisotopic (exact) mass is 330 g/mol. The number of likely N-dealkylation sites (tertiary alicyclic amines) is 1. The van der Waals surface area contributed by atoms with E-state index in [4.69, 9.17) is 5.73 Å². The van der Waals surface area contributed by atoms with Crippen molar-refractivity contribution in [1.82, 2.24) is 10.2 Å². The number of nitrogens with one attached hydrogen (secondary N) is 1. The van der Waals surface area contributed by atoms with Gasteiger partial charge in [-0.05, 0) is 31.1 Å². The third kappa shape index (κ3) is 2.62. The van der Waals surface area contributed by atoms with E-state index < -0.39 is 0 Å². The number of hydrogen-bond acceptors (Lipinski definition) is 3. The number of aliphatic imine (C=N–C) groups is 1. The van der Waals surface area contributed by atoms with Crippen LogP contribution in [0.1, 0.15) is 38.5 Å². The summed E-state index contributed by atoms with van der Waals surface area (Å²) in [6, 6.07) is 0.415. The highest BCUT2D eigenvalue weighted by Crippen LogP contribution is 2.52. The fourth-order valence-electron chi connectivity index (χ4n) is 4.96. The normalized spacial score (nSPS) is 35.8. The van der Waals surface area contributed by atoms with E-state index in [2.05, 4.69) is 22.5 Å². The second-order valence-electron chi connectivity index (χ2n) is 7.57. The van der Waals surface area contributed by atoms with Crippen LogP contribution in [-0.2, 0) is 9.59 Å². The highest BCUT2D eigenvalue weighted by atomic mass is 16.2. The van der Waals surface area contributed by atoms with Gasteiger partial charge in [0, 0.05) is 12.6 Å². The predicted molar refractivity (Wildman–Crippen MR) is 90.9 cm³/mol. The lowest BCUT2D eigenvalue weighted by molar-refractivity contribution is -0.140. The minimum Gasteiger partial charge on any atom is -0.370 e. The molecule has 3 aliphatic carbocycles. The lowest BCUT2D eigenvalue weighted by Gasteiger charge is -2.23. The van der Waals surface area contributed by atoms with Gasteiger partial charge in [0.05, 0.1) is 18.4 Å². The molecule has 4 rings (SSSR count). The average molecular weight is 330 g/mol. The summed E-state index contributed by atoms with van der Waals surface area (Å²) in [5, 5.41) is 3.26. The van der Waals surface area contributed by atoms with Gasteiger partial charge >= 0.3 is 0 Å². The van der Waals surface area contributed by atoms with E-state index in [0.29, 0.717) is 25.1 Å². The number of carbonyl (C=O) groups excluding carboxylic acids is 2. The second kappa shape index (κ2) is 6.22. The molecule has 24 heavy (non-hydrogen) atoms. The first-order valence-electron chi connectivity index (χ1n) is 9.25. The van der Waals surface area contributed by atoms with Crippen molar-refractivity contribution < 1.29 is 9.59 Å². The van der Waals surface area contributed by atoms with Crippen LogP contribution in [0, 0.1) is 23.7 Å². The number of rotatable bonds is 4. The number of nitrogens with zero attached hydrogens (tertiary/aromatic N) is 2. The van der Waals surface area contributed by atoms with Gasteiger partial charge in [0.2, 0.25) is 11.8 Å². The Kier molecular flexibility index (Phi) is 4.06. The van der Waals surface area contributed by atoms with E-state index in [1.807, 2.05) is 0 Å². The minimum absolute atomic E-state index is 0.00383. The maximum absolute atomic E-state index is 12.6. The van der Waals surface area contributed by atoms with Crippen LogP contribution in [-0.4, -0.2) is 41.8 Å². The van der Waals surface area contributed by atoms with Crippen LogP contribution in [0.2, 0.25) is 0 Å². The molecule has 3 fully saturated rings. The summed E-state index contributed by atoms with van der Waals surface area (Å²) in [5.74, 6) is 0.726. The summed E-state index contributed by atoms with van der Waals surface area (Å²) in [6.07, 6.45) is 11.2. The molecular weight excluding hydrogens is 304 g/mol. The zero-order valence-corrected chi connectivity index (χ0v) is 14.0. The van der Waals surface area contributed by atoms with Crippen LogP contribution < -0.4 is 11.1 Å². The number of amides is 2. The molecule has 4 unspecified atom stereocenters. The fraction of sp³-hybridized carbons (Fsp3) is 0.722. The Morgan fingerprint density at radius 2 is 1.75 bits per heavy atom. The summed E-state index contributed by atoms with van der Waals surface area (Å²) in [4.78, 5) is 30.8. The predicted octanol–water partition coefficient (Wildman–Crippen LogP) is 1.03. The van der Waals surface area contributed by atoms with E-state index in [9.17, 15) is 9.59 Å². The first-order chi connectivity index (χ1) is 11.6. The van der Waals surface area contributed by atoms with Gasteiger partial charge in [-0.3, -0.25) is 19.5 Å². The van der Waals surface area contributed by atoms with Crippen LogP contribution in [0.3, 0.4) is 0 Å². The summed E-state index contributed by atoms with van der Waals surface area (Å²) in [5.41, 5.74) is 5.95. The van der Waals surface area contributed by atoms with Gasteiger partial charge in [-0.25, -0.2) is 0 Å². The molecule has 3 N–H and O–H groups in total. The summed E-state index contributed by atoms with van der Waals surface area (Å²) in [6.45, 7) is 0.725. The maximum atomic E-state index is 12.6. The third-order valence-corrected chi connectivity index (χ3v) is 6.12. The number of fused-ring (bicyclic) bond motifs is 5. The lowest BCUT2D eigenvalue weighted by atomic mass is 9.85. The lowest BCUT2D eigenvalue weighted by Crippen LogP contribution is -2.41. The van der Waals surface area contributed by atoms with Crippen molar-refractivity contribution in [3.05, 3.63) is 12.2 Å². The highest BCUT2D eigenvalue weighted by Gasteiger charge is 2.58. The largest absolute Gasteiger partial charge is 0.370 e. The molecule has 0 aromatic carbocycles. The summed E-state index contributed by atoms with van der Waals surface area (Å²) < 4.78 is 0. The standard InChI is InChI=1S/C18H26N4O2/c19-18(21-13-4-2-1-3-5-13)20-8-9-22-16(23)14-11-6-7-12(10-11)15(14)17(22)24/h6-7,11-15H,1-5,8-10H2,(H3,19,20,21). The van der Waals surface area contributed by atoms with E-state index in [1.165, 1.54) is 24.2 Å². The number of nitrogens with two attached hydrogens (primary N) is 1. The average Bonchev–Trinajstić information content (AvgIpc) is 3.25. The molecule has 1 heterocycles. The Bertz CT molecular complexity index is 564. The summed E-state index contributed by atoms with van der Waals surface area (Å²) in [7, 11) is 0. The van der Waals surface area contributed by atoms with Crippen molar-refractivity contribution >= 4 is 17.8 Å². The van der Waals surface area contributed by atoms with Gasteiger partial charge in [-0.15, -0.1) is 0 Å². The Balaban J connectivity index is 1.31. The minimum atomic E-state index is -0.116. The van der Waals surface area contributed by atoms with E-state index in [-0.39, 0.29) is 35.5 Å². The van der Waals surface area contributed by atoms with E-state index >= 15 is 0 Å². The van der Waals surface area contributed by atoms with Gasteiger partial charge in [0.15, 0.2) is 5.96 Å². The first kappa shape index (κ1) is 15.7. The molecule has 2 saturated carbocycles. The molecular formula is C18H26N4O2. The smallest absolute Gasteiger partial charge is 0.233 e. The molecule has 0 spiro atoms. The number of hydrogen-bond donors (Lipinski definition) is 2. The molecule has 2 bridgehead atoms. The maximum Gasteiger partial charge on any atom is 0.233 e. The molecule has 0 aromatic rings. The van der Waals surface area contributed by atoms with Crippen LogP contribution >= 0.6 is 0 Å².